The lowest BCUT2D eigenvalue weighted by molar-refractivity contribution is -0.274. The third kappa shape index (κ3) is 4.51. The summed E-state index contributed by atoms with van der Waals surface area (Å²) in [4.78, 5) is 16.9. The fraction of sp³-hybridized carbons (Fsp3) is 0.400. The van der Waals surface area contributed by atoms with Crippen molar-refractivity contribution in [1.29, 1.82) is 0 Å². The Morgan fingerprint density at radius 3 is 2.48 bits per heavy atom. The number of carbonyl (C=O) groups excluding carboxylic acids is 1. The summed E-state index contributed by atoms with van der Waals surface area (Å²) in [7, 11) is 0. The molecule has 3 aromatic rings. The van der Waals surface area contributed by atoms with Gasteiger partial charge >= 0.3 is 12.5 Å². The number of rotatable bonds is 5. The normalized spacial score (nSPS) is 27.1. The standard InChI is InChI=1S/C25H19F7N4O4/c26-16-4-19-14(3-15(16)24(27,28)29)18(37)5-20(39-19)21(38)35-22-9-23(10-22,11-22)36-8-12(6-34-36)17-2-1-13(7-33-17)40-25(30,31)32/h1-4,6-8,18,20,37H,5,9-11H2,(H,35,38)/t18-,20-,22?,23?/m1/s1. The van der Waals surface area contributed by atoms with E-state index in [4.69, 9.17) is 4.74 Å². The fourth-order valence-corrected chi connectivity index (χ4v) is 5.75. The number of ether oxygens (including phenoxy) is 2. The number of carbonyl (C=O) groups is 1. The summed E-state index contributed by atoms with van der Waals surface area (Å²) in [5.74, 6) is -2.92. The number of alkyl halides is 6. The molecule has 0 radical (unpaired) electrons. The second-order valence-electron chi connectivity index (χ2n) is 10.4. The molecule has 2 N–H and O–H groups in total. The number of hydrogen-bond donors (Lipinski definition) is 2. The SMILES string of the molecule is O=C(NC12CC(n3cc(-c4ccc(OC(F)(F)F)cn4)cn3)(C1)C2)[C@H]1C[C@@H](O)c2cc(C(F)(F)F)c(F)cc2O1. The maximum absolute atomic E-state index is 14.0. The molecular formula is C25H19F7N4O4. The highest BCUT2D eigenvalue weighted by Crippen LogP contribution is 2.65. The number of benzene rings is 1. The maximum Gasteiger partial charge on any atom is 0.573 e. The number of nitrogens with one attached hydrogen (secondary N) is 1. The molecule has 1 aromatic carbocycles. The Morgan fingerprint density at radius 2 is 1.85 bits per heavy atom. The average Bonchev–Trinajstić information content (AvgIpc) is 3.28. The van der Waals surface area contributed by atoms with E-state index in [2.05, 4.69) is 20.1 Å². The van der Waals surface area contributed by atoms with Gasteiger partial charge in [0.1, 0.15) is 17.3 Å². The number of pyridine rings is 1. The van der Waals surface area contributed by atoms with Crippen LogP contribution in [-0.2, 0) is 16.5 Å². The molecule has 2 atom stereocenters. The Hall–Kier alpha value is -3.88. The van der Waals surface area contributed by atoms with Gasteiger partial charge < -0.3 is 19.9 Å². The van der Waals surface area contributed by atoms with Crippen molar-refractivity contribution in [2.24, 2.45) is 0 Å². The number of nitrogens with zero attached hydrogens (tertiary/aromatic N) is 3. The predicted molar refractivity (Wildman–Crippen MR) is 120 cm³/mol. The molecule has 3 fully saturated rings. The van der Waals surface area contributed by atoms with Crippen molar-refractivity contribution in [2.75, 3.05) is 0 Å². The van der Waals surface area contributed by atoms with Gasteiger partial charge in [0, 0.05) is 35.3 Å². The molecule has 4 aliphatic rings. The Bertz CT molecular complexity index is 1470. The molecule has 8 nitrogen and oxygen atoms in total. The third-order valence-electron chi connectivity index (χ3n) is 7.49. The number of amides is 1. The van der Waals surface area contributed by atoms with Crippen LogP contribution >= 0.6 is 0 Å². The quantitative estimate of drug-likeness (QED) is 0.433. The molecule has 1 amide bonds. The summed E-state index contributed by atoms with van der Waals surface area (Å²) >= 11 is 0. The summed E-state index contributed by atoms with van der Waals surface area (Å²) in [6.07, 6.45) is -7.00. The van der Waals surface area contributed by atoms with Gasteiger partial charge in [-0.2, -0.15) is 18.3 Å². The van der Waals surface area contributed by atoms with Crippen LogP contribution in [0.3, 0.4) is 0 Å². The molecule has 212 valence electrons. The lowest BCUT2D eigenvalue weighted by Gasteiger charge is -2.70. The van der Waals surface area contributed by atoms with E-state index in [0.717, 1.165) is 12.3 Å². The van der Waals surface area contributed by atoms with Crippen LogP contribution in [-0.4, -0.2) is 43.8 Å². The molecule has 0 unspecified atom stereocenters. The summed E-state index contributed by atoms with van der Waals surface area (Å²) in [6, 6.07) is 3.54. The van der Waals surface area contributed by atoms with Crippen molar-refractivity contribution in [2.45, 2.75) is 61.5 Å². The second-order valence-corrected chi connectivity index (χ2v) is 10.4. The smallest absolute Gasteiger partial charge is 0.480 e. The molecule has 40 heavy (non-hydrogen) atoms. The van der Waals surface area contributed by atoms with E-state index < -0.39 is 53.3 Å². The first-order chi connectivity index (χ1) is 18.7. The van der Waals surface area contributed by atoms with Crippen molar-refractivity contribution in [3.8, 4) is 22.8 Å². The number of aliphatic hydroxyl groups excluding tert-OH is 1. The van der Waals surface area contributed by atoms with Crippen molar-refractivity contribution in [1.82, 2.24) is 20.1 Å². The molecule has 2 bridgehead atoms. The van der Waals surface area contributed by atoms with Crippen LogP contribution in [0, 0.1) is 5.82 Å². The highest BCUT2D eigenvalue weighted by molar-refractivity contribution is 5.83. The molecule has 7 rings (SSSR count). The van der Waals surface area contributed by atoms with Crippen LogP contribution in [0.4, 0.5) is 30.7 Å². The monoisotopic (exact) mass is 572 g/mol. The largest absolute Gasteiger partial charge is 0.573 e. The van der Waals surface area contributed by atoms with Gasteiger partial charge in [0.2, 0.25) is 0 Å². The van der Waals surface area contributed by atoms with Gasteiger partial charge in [-0.05, 0) is 37.5 Å². The van der Waals surface area contributed by atoms with Crippen LogP contribution in [0.5, 0.6) is 11.5 Å². The number of hydrogen-bond acceptors (Lipinski definition) is 6. The third-order valence-corrected chi connectivity index (χ3v) is 7.49. The topological polar surface area (TPSA) is 98.5 Å². The number of aromatic nitrogens is 3. The molecular weight excluding hydrogens is 553 g/mol. The van der Waals surface area contributed by atoms with E-state index in [1.165, 1.54) is 12.3 Å². The van der Waals surface area contributed by atoms with Crippen molar-refractivity contribution in [3.05, 3.63) is 59.8 Å². The van der Waals surface area contributed by atoms with Gasteiger partial charge in [-0.15, -0.1) is 13.2 Å². The summed E-state index contributed by atoms with van der Waals surface area (Å²) in [5.41, 5.74) is -1.73. The minimum atomic E-state index is -4.95. The number of halogens is 7. The highest BCUT2D eigenvalue weighted by Gasteiger charge is 2.70. The van der Waals surface area contributed by atoms with E-state index in [9.17, 15) is 40.6 Å². The van der Waals surface area contributed by atoms with Gasteiger partial charge in [0.05, 0.1) is 35.3 Å². The Kier molecular flexibility index (Phi) is 5.64. The molecule has 2 aromatic heterocycles. The lowest BCUT2D eigenvalue weighted by atomic mass is 9.44. The van der Waals surface area contributed by atoms with Gasteiger partial charge in [-0.1, -0.05) is 0 Å². The molecule has 15 heteroatoms. The molecule has 3 saturated carbocycles. The second kappa shape index (κ2) is 8.56. The molecule has 0 spiro atoms. The highest BCUT2D eigenvalue weighted by atomic mass is 19.4. The average molecular weight is 572 g/mol. The van der Waals surface area contributed by atoms with Gasteiger partial charge in [-0.3, -0.25) is 14.5 Å². The zero-order valence-electron chi connectivity index (χ0n) is 20.2. The fourth-order valence-electron chi connectivity index (χ4n) is 5.75. The lowest BCUT2D eigenvalue weighted by Crippen LogP contribution is -2.79. The Labute approximate surface area is 220 Å². The van der Waals surface area contributed by atoms with Crippen molar-refractivity contribution < 1.29 is 50.1 Å². The first kappa shape index (κ1) is 26.3. The Morgan fingerprint density at radius 1 is 1.12 bits per heavy atom. The van der Waals surface area contributed by atoms with Gasteiger partial charge in [-0.25, -0.2) is 4.39 Å². The number of aliphatic hydroxyl groups is 1. The molecule has 1 aliphatic heterocycles. The van der Waals surface area contributed by atoms with Crippen LogP contribution < -0.4 is 14.8 Å². The van der Waals surface area contributed by atoms with Crippen LogP contribution in [0.25, 0.3) is 11.3 Å². The van der Waals surface area contributed by atoms with Crippen molar-refractivity contribution in [3.63, 3.8) is 0 Å². The molecule has 3 aliphatic carbocycles. The first-order valence-electron chi connectivity index (χ1n) is 12.0. The minimum absolute atomic E-state index is 0.242. The summed E-state index contributed by atoms with van der Waals surface area (Å²) in [5, 5.41) is 17.6. The van der Waals surface area contributed by atoms with Crippen LogP contribution in [0.1, 0.15) is 42.9 Å². The molecule has 3 heterocycles. The van der Waals surface area contributed by atoms with Crippen LogP contribution in [0.15, 0.2) is 42.9 Å². The van der Waals surface area contributed by atoms with Gasteiger partial charge in [0.15, 0.2) is 6.10 Å². The van der Waals surface area contributed by atoms with E-state index in [1.54, 1.807) is 10.9 Å². The van der Waals surface area contributed by atoms with E-state index in [-0.39, 0.29) is 23.3 Å². The predicted octanol–water partition coefficient (Wildman–Crippen LogP) is 4.63. The van der Waals surface area contributed by atoms with E-state index in [0.29, 0.717) is 42.7 Å². The summed E-state index contributed by atoms with van der Waals surface area (Å²) < 4.78 is 101. The van der Waals surface area contributed by atoms with E-state index >= 15 is 0 Å². The Balaban J connectivity index is 1.08. The van der Waals surface area contributed by atoms with Crippen LogP contribution in [0.2, 0.25) is 0 Å². The van der Waals surface area contributed by atoms with Crippen molar-refractivity contribution >= 4 is 5.91 Å². The van der Waals surface area contributed by atoms with E-state index in [1.807, 2.05) is 0 Å². The zero-order valence-corrected chi connectivity index (χ0v) is 20.2. The zero-order chi connectivity index (χ0) is 28.7. The molecule has 0 saturated heterocycles. The number of fused-ring (bicyclic) bond motifs is 1. The summed E-state index contributed by atoms with van der Waals surface area (Å²) in [6.45, 7) is 0. The van der Waals surface area contributed by atoms with Gasteiger partial charge in [0.25, 0.3) is 5.91 Å². The maximum atomic E-state index is 14.0. The first-order valence-corrected chi connectivity index (χ1v) is 12.0. The minimum Gasteiger partial charge on any atom is -0.480 e.